The van der Waals surface area contributed by atoms with Crippen LogP contribution in [0.3, 0.4) is 0 Å². The number of rotatable bonds is 5. The number of carbonyl (C=O) groups excluding carboxylic acids is 1. The standard InChI is InChI=1S/C15H21N3O/c1-4-10-18-13-9-7-6-8-12(13)17-15(18)11(3)16-14(19)5-2/h6-9,11H,4-5,10H2,1-3H3,(H,16,19). The molecular weight excluding hydrogens is 238 g/mol. The van der Waals surface area contributed by atoms with E-state index in [2.05, 4.69) is 27.9 Å². The number of hydrogen-bond donors (Lipinski definition) is 1. The van der Waals surface area contributed by atoms with Gasteiger partial charge in [0, 0.05) is 13.0 Å². The van der Waals surface area contributed by atoms with Gasteiger partial charge in [-0.25, -0.2) is 4.98 Å². The van der Waals surface area contributed by atoms with Crippen LogP contribution in [0.1, 0.15) is 45.5 Å². The van der Waals surface area contributed by atoms with Gasteiger partial charge in [0.15, 0.2) is 0 Å². The highest BCUT2D eigenvalue weighted by Gasteiger charge is 2.17. The minimum Gasteiger partial charge on any atom is -0.346 e. The molecule has 1 unspecified atom stereocenters. The smallest absolute Gasteiger partial charge is 0.220 e. The predicted octanol–water partition coefficient (Wildman–Crippen LogP) is 3.03. The summed E-state index contributed by atoms with van der Waals surface area (Å²) in [5.41, 5.74) is 2.13. The first-order valence-corrected chi connectivity index (χ1v) is 6.91. The predicted molar refractivity (Wildman–Crippen MR) is 76.9 cm³/mol. The molecule has 102 valence electrons. The Bertz CT molecular complexity index is 574. The molecule has 4 heteroatoms. The molecule has 2 rings (SSSR count). The minimum absolute atomic E-state index is 0.0580. The van der Waals surface area contributed by atoms with Crippen LogP contribution in [-0.4, -0.2) is 15.5 Å². The largest absolute Gasteiger partial charge is 0.346 e. The van der Waals surface area contributed by atoms with Crippen molar-refractivity contribution in [1.29, 1.82) is 0 Å². The lowest BCUT2D eigenvalue weighted by Gasteiger charge is -2.15. The van der Waals surface area contributed by atoms with Crippen LogP contribution in [0.4, 0.5) is 0 Å². The summed E-state index contributed by atoms with van der Waals surface area (Å²) in [5, 5.41) is 2.98. The third-order valence-electron chi connectivity index (χ3n) is 3.22. The fourth-order valence-electron chi connectivity index (χ4n) is 2.29. The van der Waals surface area contributed by atoms with Gasteiger partial charge in [-0.1, -0.05) is 26.0 Å². The van der Waals surface area contributed by atoms with E-state index in [1.165, 1.54) is 0 Å². The van der Waals surface area contributed by atoms with Crippen LogP contribution in [0, 0.1) is 0 Å². The van der Waals surface area contributed by atoms with Crippen LogP contribution in [0.5, 0.6) is 0 Å². The summed E-state index contributed by atoms with van der Waals surface area (Å²) in [7, 11) is 0. The molecule has 0 radical (unpaired) electrons. The third kappa shape index (κ3) is 2.78. The Kier molecular flexibility index (Phi) is 4.20. The second-order valence-corrected chi connectivity index (χ2v) is 4.75. The van der Waals surface area contributed by atoms with Crippen LogP contribution in [0.2, 0.25) is 0 Å². The maximum absolute atomic E-state index is 11.5. The monoisotopic (exact) mass is 259 g/mol. The molecule has 4 nitrogen and oxygen atoms in total. The lowest BCUT2D eigenvalue weighted by Crippen LogP contribution is -2.27. The molecule has 0 saturated carbocycles. The molecule has 0 spiro atoms. The maximum Gasteiger partial charge on any atom is 0.220 e. The molecule has 0 aliphatic heterocycles. The summed E-state index contributed by atoms with van der Waals surface area (Å²) in [6, 6.07) is 8.04. The summed E-state index contributed by atoms with van der Waals surface area (Å²) in [5.74, 6) is 0.993. The molecule has 0 saturated heterocycles. The number of hydrogen-bond acceptors (Lipinski definition) is 2. The molecule has 1 aromatic heterocycles. The van der Waals surface area contributed by atoms with Gasteiger partial charge in [0.25, 0.3) is 0 Å². The van der Waals surface area contributed by atoms with Crippen molar-refractivity contribution in [1.82, 2.24) is 14.9 Å². The number of para-hydroxylation sites is 2. The molecule has 0 bridgehead atoms. The van der Waals surface area contributed by atoms with Crippen LogP contribution in [0.25, 0.3) is 11.0 Å². The second-order valence-electron chi connectivity index (χ2n) is 4.75. The van der Waals surface area contributed by atoms with Gasteiger partial charge in [-0.05, 0) is 25.5 Å². The molecule has 0 fully saturated rings. The number of nitrogens with one attached hydrogen (secondary N) is 1. The number of carbonyl (C=O) groups is 1. The van der Waals surface area contributed by atoms with E-state index in [0.717, 1.165) is 29.8 Å². The first-order chi connectivity index (χ1) is 9.17. The Morgan fingerprint density at radius 2 is 2.11 bits per heavy atom. The minimum atomic E-state index is -0.0635. The summed E-state index contributed by atoms with van der Waals surface area (Å²) in [4.78, 5) is 16.2. The second kappa shape index (κ2) is 5.87. The first kappa shape index (κ1) is 13.6. The quantitative estimate of drug-likeness (QED) is 0.897. The highest BCUT2D eigenvalue weighted by molar-refractivity contribution is 5.77. The molecule has 19 heavy (non-hydrogen) atoms. The number of nitrogens with zero attached hydrogens (tertiary/aromatic N) is 2. The van der Waals surface area contributed by atoms with Crippen molar-refractivity contribution < 1.29 is 4.79 Å². The van der Waals surface area contributed by atoms with Gasteiger partial charge in [0.1, 0.15) is 5.82 Å². The molecule has 1 heterocycles. The van der Waals surface area contributed by atoms with E-state index in [-0.39, 0.29) is 11.9 Å². The summed E-state index contributed by atoms with van der Waals surface area (Å²) in [6.07, 6.45) is 1.54. The Balaban J connectivity index is 2.40. The zero-order chi connectivity index (χ0) is 13.8. The van der Waals surface area contributed by atoms with Gasteiger partial charge in [-0.3, -0.25) is 4.79 Å². The number of benzene rings is 1. The van der Waals surface area contributed by atoms with Crippen molar-refractivity contribution in [3.8, 4) is 0 Å². The fraction of sp³-hybridized carbons (Fsp3) is 0.467. The van der Waals surface area contributed by atoms with Crippen molar-refractivity contribution in [3.05, 3.63) is 30.1 Å². The zero-order valence-electron chi connectivity index (χ0n) is 11.8. The first-order valence-electron chi connectivity index (χ1n) is 6.91. The Labute approximate surface area is 113 Å². The van der Waals surface area contributed by atoms with Crippen LogP contribution >= 0.6 is 0 Å². The van der Waals surface area contributed by atoms with Gasteiger partial charge >= 0.3 is 0 Å². The van der Waals surface area contributed by atoms with E-state index >= 15 is 0 Å². The topological polar surface area (TPSA) is 46.9 Å². The molecule has 0 aliphatic carbocycles. The van der Waals surface area contributed by atoms with E-state index in [9.17, 15) is 4.79 Å². The number of aromatic nitrogens is 2. The molecule has 1 atom stereocenters. The zero-order valence-corrected chi connectivity index (χ0v) is 11.8. The number of fused-ring (bicyclic) bond motifs is 1. The van der Waals surface area contributed by atoms with E-state index in [4.69, 9.17) is 0 Å². The SMILES string of the molecule is CCCn1c(C(C)NC(=O)CC)nc2ccccc21. The highest BCUT2D eigenvalue weighted by atomic mass is 16.1. The van der Waals surface area contributed by atoms with Crippen LogP contribution < -0.4 is 5.32 Å². The van der Waals surface area contributed by atoms with Gasteiger partial charge in [-0.15, -0.1) is 0 Å². The van der Waals surface area contributed by atoms with Crippen molar-refractivity contribution in [2.75, 3.05) is 0 Å². The van der Waals surface area contributed by atoms with Crippen molar-refractivity contribution >= 4 is 16.9 Å². The lowest BCUT2D eigenvalue weighted by atomic mass is 10.3. The normalized spacial score (nSPS) is 12.6. The third-order valence-corrected chi connectivity index (χ3v) is 3.22. The summed E-state index contributed by atoms with van der Waals surface area (Å²) < 4.78 is 2.20. The van der Waals surface area contributed by atoms with Gasteiger partial charge in [0.05, 0.1) is 17.1 Å². The molecule has 2 aromatic rings. The Morgan fingerprint density at radius 3 is 2.79 bits per heavy atom. The van der Waals surface area contributed by atoms with E-state index in [1.807, 2.05) is 32.0 Å². The number of amides is 1. The number of aryl methyl sites for hydroxylation is 1. The van der Waals surface area contributed by atoms with E-state index in [0.29, 0.717) is 6.42 Å². The molecule has 1 N–H and O–H groups in total. The molecular formula is C15H21N3O. The molecule has 0 aliphatic rings. The molecule has 1 aromatic carbocycles. The van der Waals surface area contributed by atoms with Gasteiger partial charge < -0.3 is 9.88 Å². The molecule has 1 amide bonds. The van der Waals surface area contributed by atoms with Crippen molar-refractivity contribution in [2.45, 2.75) is 46.2 Å². The maximum atomic E-state index is 11.5. The average molecular weight is 259 g/mol. The highest BCUT2D eigenvalue weighted by Crippen LogP contribution is 2.21. The fourth-order valence-corrected chi connectivity index (χ4v) is 2.29. The van der Waals surface area contributed by atoms with Crippen molar-refractivity contribution in [2.24, 2.45) is 0 Å². The van der Waals surface area contributed by atoms with Crippen molar-refractivity contribution in [3.63, 3.8) is 0 Å². The number of imidazole rings is 1. The van der Waals surface area contributed by atoms with E-state index in [1.54, 1.807) is 0 Å². The van der Waals surface area contributed by atoms with Crippen LogP contribution in [-0.2, 0) is 11.3 Å². The summed E-state index contributed by atoms with van der Waals surface area (Å²) >= 11 is 0. The van der Waals surface area contributed by atoms with E-state index < -0.39 is 0 Å². The van der Waals surface area contributed by atoms with Crippen LogP contribution in [0.15, 0.2) is 24.3 Å². The summed E-state index contributed by atoms with van der Waals surface area (Å²) in [6.45, 7) is 6.91. The lowest BCUT2D eigenvalue weighted by molar-refractivity contribution is -0.121. The van der Waals surface area contributed by atoms with Gasteiger partial charge in [0.2, 0.25) is 5.91 Å². The Morgan fingerprint density at radius 1 is 1.37 bits per heavy atom. The average Bonchev–Trinajstić information content (AvgIpc) is 2.78. The Hall–Kier alpha value is -1.84. The van der Waals surface area contributed by atoms with Gasteiger partial charge in [-0.2, -0.15) is 0 Å².